The van der Waals surface area contributed by atoms with Gasteiger partial charge in [0.2, 0.25) is 0 Å². The summed E-state index contributed by atoms with van der Waals surface area (Å²) < 4.78 is 0. The topological polar surface area (TPSA) is 169 Å². The van der Waals surface area contributed by atoms with Crippen LogP contribution in [-0.2, 0) is 6.54 Å². The quantitative estimate of drug-likeness (QED) is 0.128. The second kappa shape index (κ2) is 13.4. The van der Waals surface area contributed by atoms with Gasteiger partial charge < -0.3 is 32.0 Å². The van der Waals surface area contributed by atoms with Crippen LogP contribution in [-0.4, -0.2) is 99.8 Å². The molecule has 4 rings (SSSR count). The molecule has 0 bridgehead atoms. The number of aliphatic hydroxyl groups is 1. The number of halogens is 1. The number of hydrogen-bond donors (Lipinski definition) is 5. The molecule has 0 spiro atoms. The number of nitrogens with zero attached hydrogens (tertiary/aromatic N) is 6. The predicted octanol–water partition coefficient (Wildman–Crippen LogP) is 1.40. The number of rotatable bonds is 9. The van der Waals surface area contributed by atoms with Crippen LogP contribution >= 0.6 is 11.6 Å². The van der Waals surface area contributed by atoms with Crippen molar-refractivity contribution in [3.63, 3.8) is 0 Å². The number of benzene rings is 1. The van der Waals surface area contributed by atoms with Crippen molar-refractivity contribution in [3.8, 4) is 0 Å². The Kier molecular flexibility index (Phi) is 10.0. The second-order valence-electron chi connectivity index (χ2n) is 10.5. The van der Waals surface area contributed by atoms with E-state index in [4.69, 9.17) is 28.2 Å². The third-order valence-corrected chi connectivity index (χ3v) is 8.10. The zero-order valence-electron chi connectivity index (χ0n) is 23.2. The summed E-state index contributed by atoms with van der Waals surface area (Å²) in [6, 6.07) is 6.89. The Hall–Kier alpha value is -3.19. The van der Waals surface area contributed by atoms with E-state index in [9.17, 15) is 10.0 Å². The summed E-state index contributed by atoms with van der Waals surface area (Å²) in [6.45, 7) is 9.14. The number of nitrogen functional groups attached to an aromatic ring is 1. The van der Waals surface area contributed by atoms with Gasteiger partial charge in [-0.05, 0) is 50.9 Å². The lowest BCUT2D eigenvalue weighted by molar-refractivity contribution is 0.0610. The molecule has 1 aromatic heterocycles. The zero-order chi connectivity index (χ0) is 28.8. The Morgan fingerprint density at radius 1 is 1.23 bits per heavy atom. The largest absolute Gasteiger partial charge is 0.409 e. The number of aromatic nitrogens is 2. The third-order valence-electron chi connectivity index (χ3n) is 7.84. The smallest absolute Gasteiger partial charge is 0.273 e. The number of aliphatic hydroxyl groups excluding tert-OH is 1. The fourth-order valence-corrected chi connectivity index (χ4v) is 5.96. The maximum Gasteiger partial charge on any atom is 0.273 e. The van der Waals surface area contributed by atoms with Gasteiger partial charge in [0, 0.05) is 50.4 Å². The molecule has 2 aliphatic heterocycles. The summed E-state index contributed by atoms with van der Waals surface area (Å²) in [5, 5.41) is 24.1. The van der Waals surface area contributed by atoms with Crippen molar-refractivity contribution in [2.75, 3.05) is 56.5 Å². The van der Waals surface area contributed by atoms with E-state index in [1.165, 1.54) is 0 Å². The molecule has 13 heteroatoms. The molecule has 3 heterocycles. The van der Waals surface area contributed by atoms with E-state index in [-0.39, 0.29) is 35.7 Å². The highest BCUT2D eigenvalue weighted by molar-refractivity contribution is 6.32. The van der Waals surface area contributed by atoms with Gasteiger partial charge in [0.15, 0.2) is 28.3 Å². The van der Waals surface area contributed by atoms with Gasteiger partial charge in [-0.3, -0.25) is 14.6 Å². The number of likely N-dealkylation sites (tertiary alicyclic amines) is 1. The lowest BCUT2D eigenvalue weighted by Gasteiger charge is -2.47. The molecule has 40 heavy (non-hydrogen) atoms. The first-order valence-electron chi connectivity index (χ1n) is 13.8. The summed E-state index contributed by atoms with van der Waals surface area (Å²) in [5.41, 5.74) is 14.9. The molecule has 0 unspecified atom stereocenters. The van der Waals surface area contributed by atoms with Crippen LogP contribution in [0.15, 0.2) is 23.4 Å². The van der Waals surface area contributed by atoms with Crippen LogP contribution in [0.3, 0.4) is 0 Å². The Morgan fingerprint density at radius 3 is 2.65 bits per heavy atom. The maximum atomic E-state index is 12.3. The third kappa shape index (κ3) is 6.74. The number of hydrogen-bond acceptors (Lipinski definition) is 10. The number of nitrogens with two attached hydrogens (primary N) is 2. The van der Waals surface area contributed by atoms with Crippen molar-refractivity contribution in [2.45, 2.75) is 51.7 Å². The zero-order valence-corrected chi connectivity index (χ0v) is 23.9. The van der Waals surface area contributed by atoms with Crippen LogP contribution < -0.4 is 21.7 Å². The molecule has 2 fully saturated rings. The lowest BCUT2D eigenvalue weighted by atomic mass is 9.97. The molecule has 1 aromatic carbocycles. The van der Waals surface area contributed by atoms with Crippen molar-refractivity contribution in [1.82, 2.24) is 25.1 Å². The molecule has 0 aliphatic carbocycles. The normalized spacial score (nSPS) is 19.6. The highest BCUT2D eigenvalue weighted by atomic mass is 35.5. The van der Waals surface area contributed by atoms with Crippen molar-refractivity contribution in [2.24, 2.45) is 10.9 Å². The minimum absolute atomic E-state index is 0.0152. The minimum Gasteiger partial charge on any atom is -0.409 e. The molecular formula is C27H40ClN9O3. The number of anilines is 2. The Balaban J connectivity index is 1.37. The summed E-state index contributed by atoms with van der Waals surface area (Å²) >= 11 is 6.47. The van der Waals surface area contributed by atoms with Gasteiger partial charge >= 0.3 is 0 Å². The molecule has 1 atom stereocenters. The van der Waals surface area contributed by atoms with E-state index in [1.54, 1.807) is 0 Å². The van der Waals surface area contributed by atoms with Gasteiger partial charge in [-0.25, -0.2) is 9.97 Å². The van der Waals surface area contributed by atoms with Crippen LogP contribution in [0.1, 0.15) is 53.4 Å². The number of carbonyl (C=O) groups is 1. The number of amides is 1. The van der Waals surface area contributed by atoms with Gasteiger partial charge in [0.25, 0.3) is 5.91 Å². The highest BCUT2D eigenvalue weighted by Crippen LogP contribution is 2.30. The average Bonchev–Trinajstić information content (AvgIpc) is 2.97. The van der Waals surface area contributed by atoms with E-state index < -0.39 is 5.91 Å². The fraction of sp³-hybridized carbons (Fsp3) is 0.556. The van der Waals surface area contributed by atoms with Gasteiger partial charge in [-0.1, -0.05) is 41.4 Å². The Morgan fingerprint density at radius 2 is 1.98 bits per heavy atom. The molecule has 1 amide bonds. The summed E-state index contributed by atoms with van der Waals surface area (Å²) in [6.07, 6.45) is 3.10. The molecule has 0 saturated carbocycles. The number of aryl methyl sites for hydroxylation is 1. The lowest BCUT2D eigenvalue weighted by Crippen LogP contribution is -2.58. The molecule has 2 aromatic rings. The maximum absolute atomic E-state index is 12.3. The number of nitrogens with one attached hydrogen (secondary N) is 1. The molecule has 7 N–H and O–H groups in total. The first kappa shape index (κ1) is 29.8. The number of carbonyl (C=O) groups excluding carboxylic acids is 1. The number of oxime groups is 1. The van der Waals surface area contributed by atoms with Crippen molar-refractivity contribution in [1.29, 1.82) is 0 Å². The fourth-order valence-electron chi connectivity index (χ4n) is 5.72. The van der Waals surface area contributed by atoms with E-state index in [0.29, 0.717) is 17.9 Å². The van der Waals surface area contributed by atoms with E-state index in [0.717, 1.165) is 75.2 Å². The molecule has 12 nitrogen and oxygen atoms in total. The highest BCUT2D eigenvalue weighted by Gasteiger charge is 2.34. The average molecular weight is 574 g/mol. The van der Waals surface area contributed by atoms with E-state index >= 15 is 0 Å². The monoisotopic (exact) mass is 573 g/mol. The van der Waals surface area contributed by atoms with Crippen LogP contribution in [0, 0.1) is 6.92 Å². The molecular weight excluding hydrogens is 534 g/mol. The van der Waals surface area contributed by atoms with E-state index in [2.05, 4.69) is 54.2 Å². The number of piperazine rings is 1. The molecule has 2 saturated heterocycles. The molecule has 2 aliphatic rings. The Bertz CT molecular complexity index is 1220. The van der Waals surface area contributed by atoms with Crippen molar-refractivity contribution < 1.29 is 15.1 Å². The van der Waals surface area contributed by atoms with Gasteiger partial charge in [0.1, 0.15) is 0 Å². The van der Waals surface area contributed by atoms with Crippen LogP contribution in [0.2, 0.25) is 5.15 Å². The molecule has 218 valence electrons. The van der Waals surface area contributed by atoms with Crippen molar-refractivity contribution >= 4 is 35.0 Å². The van der Waals surface area contributed by atoms with Gasteiger partial charge in [0.05, 0.1) is 6.61 Å². The SMILES string of the molecule is CC[C@H]1CN(c2nc(N)c(C(=O)NCCO)nc2Cl)CCN1C1CCN(Cc2ccc(C)cc2/C(N)=N\O)CC1. The van der Waals surface area contributed by atoms with E-state index in [1.807, 2.05) is 13.0 Å². The van der Waals surface area contributed by atoms with Gasteiger partial charge in [-0.15, -0.1) is 0 Å². The van der Waals surface area contributed by atoms with Crippen molar-refractivity contribution in [3.05, 3.63) is 45.7 Å². The standard InChI is InChI=1S/C27H40ClN9O3/c1-3-19-16-36(26-23(28)32-22(25(30)33-26)27(39)31-8-13-38)11-12-37(19)20-6-9-35(10-7-20)15-18-5-4-17(2)14-21(18)24(29)34-40/h4-5,14,19-20,38,40H,3,6-13,15-16H2,1-2H3,(H2,29,34)(H2,30,33)(H,31,39)/t19-/m0/s1. The predicted molar refractivity (Wildman–Crippen MR) is 156 cm³/mol. The summed E-state index contributed by atoms with van der Waals surface area (Å²) in [7, 11) is 0. The van der Waals surface area contributed by atoms with Crippen LogP contribution in [0.4, 0.5) is 11.6 Å². The second-order valence-corrected chi connectivity index (χ2v) is 10.8. The van der Waals surface area contributed by atoms with Crippen LogP contribution in [0.5, 0.6) is 0 Å². The number of piperidine rings is 1. The summed E-state index contributed by atoms with van der Waals surface area (Å²) in [5.74, 6) is 0.133. The minimum atomic E-state index is -0.515. The summed E-state index contributed by atoms with van der Waals surface area (Å²) in [4.78, 5) is 28.1. The van der Waals surface area contributed by atoms with Crippen LogP contribution in [0.25, 0.3) is 0 Å². The Labute approximate surface area is 240 Å². The molecule has 0 radical (unpaired) electrons. The van der Waals surface area contributed by atoms with Gasteiger partial charge in [-0.2, -0.15) is 0 Å². The number of amidine groups is 1. The first-order valence-corrected chi connectivity index (χ1v) is 14.2. The first-order chi connectivity index (χ1) is 19.2.